The second-order valence-corrected chi connectivity index (χ2v) is 24.0. The molecular weight excluding hydrogens is 885 g/mol. The number of ether oxygens (including phenoxy) is 1. The number of nitrogens with zero attached hydrogens (tertiary/aromatic N) is 2. The predicted molar refractivity (Wildman–Crippen MR) is 231 cm³/mol. The van der Waals surface area contributed by atoms with E-state index >= 15 is 0 Å². The minimum absolute atomic E-state index is 0.0430. The van der Waals surface area contributed by atoms with Gasteiger partial charge in [-0.25, -0.2) is 9.79 Å². The average Bonchev–Trinajstić information content (AvgIpc) is 3.06. The maximum Gasteiger partial charge on any atom is 0.408 e. The third-order valence-corrected chi connectivity index (χ3v) is 18.7. The highest BCUT2D eigenvalue weighted by Crippen LogP contribution is 2.21. The second-order valence-electron chi connectivity index (χ2n) is 6.94. The molecule has 0 bridgehead atoms. The van der Waals surface area contributed by atoms with Crippen molar-refractivity contribution < 1.29 is 38.5 Å². The van der Waals surface area contributed by atoms with Crippen molar-refractivity contribution in [1.29, 1.82) is 0 Å². The fraction of sp³-hybridized carbons (Fsp3) is 0.810. The van der Waals surface area contributed by atoms with Gasteiger partial charge < -0.3 is 30.5 Å². The van der Waals surface area contributed by atoms with Gasteiger partial charge in [-0.1, -0.05) is 11.8 Å². The van der Waals surface area contributed by atoms with Crippen molar-refractivity contribution >= 4 is 187 Å². The van der Waals surface area contributed by atoms with E-state index in [4.69, 9.17) is 24.7 Å². The third-order valence-electron chi connectivity index (χ3n) is 3.57. The van der Waals surface area contributed by atoms with Crippen LogP contribution in [0.5, 0.6) is 0 Å². The van der Waals surface area contributed by atoms with E-state index in [9.17, 15) is 13.8 Å². The molecule has 0 rings (SSSR count). The lowest BCUT2D eigenvalue weighted by molar-refractivity contribution is -0.196. The second kappa shape index (κ2) is 42.9. The molecule has 0 saturated heterocycles. The molecule has 1 unspecified atom stereocenters. The average molecular weight is 926 g/mol. The number of aliphatic imine (C=N–C) groups is 2. The molecule has 0 aliphatic carbocycles. The summed E-state index contributed by atoms with van der Waals surface area (Å²) in [6, 6.07) is 0. The highest BCUT2D eigenvalue weighted by atomic mass is 32.3. The van der Waals surface area contributed by atoms with Gasteiger partial charge in [0.05, 0.1) is 56.8 Å². The van der Waals surface area contributed by atoms with E-state index in [2.05, 4.69) is 20.6 Å². The standard InChI is InChI=1S/C21H40N4O8S14/c26-7-38-15-40-9-31-20(28)24-4-36-13-43-12-35-3-23-6-47(30)19-45-17-44-18-46-21(29)25-5-37-14-42-11-34-2-22-1-32-33-10-41-16-39-8-27/h1,6,26-27H,2-5,7-19H2,(H,24,28)(H,25,29)/b22-1+,23-6-. The van der Waals surface area contributed by atoms with Crippen LogP contribution in [-0.4, -0.2) is 131 Å². The first-order valence-electron chi connectivity index (χ1n) is 12.7. The van der Waals surface area contributed by atoms with Crippen LogP contribution >= 0.6 is 153 Å². The Morgan fingerprint density at radius 3 is 1.94 bits per heavy atom. The van der Waals surface area contributed by atoms with Crippen molar-refractivity contribution in [2.75, 3.05) is 93.0 Å². The number of carbonyl (C=O) groups excluding carboxylic acids is 2. The van der Waals surface area contributed by atoms with Crippen LogP contribution in [0, 0.1) is 0 Å². The molecule has 0 aromatic rings. The summed E-state index contributed by atoms with van der Waals surface area (Å²) in [7, 11) is -1.12. The van der Waals surface area contributed by atoms with Crippen molar-refractivity contribution in [3.63, 3.8) is 0 Å². The lowest BCUT2D eigenvalue weighted by Crippen LogP contribution is -2.23. The number of nitrogens with one attached hydrogen (secondary N) is 2. The first-order chi connectivity index (χ1) is 23.1. The maximum atomic E-state index is 12.0. The van der Waals surface area contributed by atoms with E-state index < -0.39 is 16.9 Å². The topological polar surface area (TPSA) is 168 Å². The molecule has 4 N–H and O–H groups in total. The highest BCUT2D eigenvalue weighted by molar-refractivity contribution is 8.29. The fourth-order valence-electron chi connectivity index (χ4n) is 1.85. The van der Waals surface area contributed by atoms with Crippen LogP contribution in [0.1, 0.15) is 0 Å². The van der Waals surface area contributed by atoms with Crippen LogP contribution in [0.2, 0.25) is 0 Å². The summed E-state index contributed by atoms with van der Waals surface area (Å²) in [5.41, 5.74) is 1.50. The molecule has 0 spiro atoms. The van der Waals surface area contributed by atoms with Crippen LogP contribution in [-0.2, 0) is 25.3 Å². The number of aliphatic hydroxyl groups is 2. The summed E-state index contributed by atoms with van der Waals surface area (Å²) in [6.45, 7) is 0. The van der Waals surface area contributed by atoms with Crippen molar-refractivity contribution in [2.45, 2.75) is 0 Å². The van der Waals surface area contributed by atoms with E-state index in [0.29, 0.717) is 44.7 Å². The Kier molecular flexibility index (Phi) is 45.1. The molecule has 276 valence electrons. The van der Waals surface area contributed by atoms with Gasteiger partial charge in [0, 0.05) is 40.7 Å². The summed E-state index contributed by atoms with van der Waals surface area (Å²) >= 11 is 20.2. The van der Waals surface area contributed by atoms with Gasteiger partial charge in [0.1, 0.15) is 11.9 Å². The number of hydrogen-bond donors (Lipinski definition) is 4. The number of alkyl carbamates (subject to hydrolysis) is 1. The number of carbonyl (C=O) groups is 2. The van der Waals surface area contributed by atoms with Crippen LogP contribution in [0.15, 0.2) is 9.98 Å². The molecule has 26 heteroatoms. The molecule has 12 nitrogen and oxygen atoms in total. The summed E-state index contributed by atoms with van der Waals surface area (Å²) in [4.78, 5) is 41.4. The minimum Gasteiger partial charge on any atom is -0.438 e. The Morgan fingerprint density at radius 2 is 1.23 bits per heavy atom. The molecule has 0 heterocycles. The van der Waals surface area contributed by atoms with Gasteiger partial charge in [0.25, 0.3) is 5.24 Å². The quantitative estimate of drug-likeness (QED) is 0.0128. The summed E-state index contributed by atoms with van der Waals surface area (Å²) in [5, 5.41) is 29.5. The Morgan fingerprint density at radius 1 is 0.660 bits per heavy atom. The zero-order valence-corrected chi connectivity index (χ0v) is 36.6. The van der Waals surface area contributed by atoms with Gasteiger partial charge in [0.2, 0.25) is 6.40 Å². The Hall–Kier alpha value is 2.46. The smallest absolute Gasteiger partial charge is 0.408 e. The molecule has 0 saturated carbocycles. The first kappa shape index (κ1) is 49.5. The Labute approximate surface area is 335 Å². The van der Waals surface area contributed by atoms with E-state index in [1.54, 1.807) is 94.1 Å². The molecule has 0 aromatic heterocycles. The number of hydrogen-bond acceptors (Lipinski definition) is 23. The normalized spacial score (nSPS) is 12.1. The lowest BCUT2D eigenvalue weighted by atomic mass is 11.1. The fourth-order valence-corrected chi connectivity index (χ4v) is 14.5. The summed E-state index contributed by atoms with van der Waals surface area (Å²) in [6.07, 6.45) is 0.843. The lowest BCUT2D eigenvalue weighted by Gasteiger charge is -2.06. The molecule has 0 radical (unpaired) electrons. The molecular formula is C21H40N4O8S14. The van der Waals surface area contributed by atoms with Gasteiger partial charge in [-0.05, 0) is 0 Å². The van der Waals surface area contributed by atoms with Gasteiger partial charge in [-0.3, -0.25) is 14.0 Å². The number of rotatable bonds is 35. The SMILES string of the molecule is O=C(NCSCSCSC/N=C\S(=O)CSCSCSC(=O)NCSCSCSC/N=C/OOCSCSCO)OCSCSCO. The van der Waals surface area contributed by atoms with E-state index in [1.807, 2.05) is 0 Å². The number of amides is 2. The maximum absolute atomic E-state index is 12.0. The molecule has 0 aliphatic rings. The molecule has 47 heavy (non-hydrogen) atoms. The molecule has 0 aliphatic heterocycles. The Bertz CT molecular complexity index is 817. The van der Waals surface area contributed by atoms with E-state index in [1.165, 1.54) is 70.8 Å². The number of aliphatic hydroxyl groups excluding tert-OH is 2. The zero-order chi connectivity index (χ0) is 34.3. The van der Waals surface area contributed by atoms with E-state index in [-0.39, 0.29) is 23.1 Å². The summed E-state index contributed by atoms with van der Waals surface area (Å²) < 4.78 is 17.0. The van der Waals surface area contributed by atoms with Crippen LogP contribution in [0.25, 0.3) is 0 Å². The monoisotopic (exact) mass is 924 g/mol. The van der Waals surface area contributed by atoms with Gasteiger partial charge in [0.15, 0.2) is 0 Å². The van der Waals surface area contributed by atoms with Gasteiger partial charge >= 0.3 is 6.09 Å². The van der Waals surface area contributed by atoms with Crippen molar-refractivity contribution in [3.8, 4) is 0 Å². The zero-order valence-electron chi connectivity index (χ0n) is 25.1. The number of thioether (sulfide) groups is 13. The first-order valence-corrected chi connectivity index (χ1v) is 28.9. The van der Waals surface area contributed by atoms with Crippen molar-refractivity contribution in [2.24, 2.45) is 9.98 Å². The Balaban J connectivity index is 3.39. The van der Waals surface area contributed by atoms with Crippen LogP contribution in [0.4, 0.5) is 9.59 Å². The summed E-state index contributed by atoms with van der Waals surface area (Å²) in [5.74, 6) is 2.98. The molecule has 1 atom stereocenters. The van der Waals surface area contributed by atoms with E-state index in [0.717, 1.165) is 30.5 Å². The van der Waals surface area contributed by atoms with Crippen molar-refractivity contribution in [1.82, 2.24) is 10.6 Å². The largest absolute Gasteiger partial charge is 0.438 e. The van der Waals surface area contributed by atoms with Crippen molar-refractivity contribution in [3.05, 3.63) is 0 Å². The third kappa shape index (κ3) is 42.8. The van der Waals surface area contributed by atoms with Gasteiger partial charge in [-0.15, -0.1) is 141 Å². The minimum atomic E-state index is -1.12. The highest BCUT2D eigenvalue weighted by Gasteiger charge is 2.03. The van der Waals surface area contributed by atoms with Gasteiger partial charge in [-0.2, -0.15) is 4.89 Å². The molecule has 0 aromatic carbocycles. The molecule has 2 amide bonds. The molecule has 0 fully saturated rings. The van der Waals surface area contributed by atoms with Crippen LogP contribution < -0.4 is 10.6 Å². The van der Waals surface area contributed by atoms with Crippen LogP contribution in [0.3, 0.4) is 0 Å². The predicted octanol–water partition coefficient (Wildman–Crippen LogP) is 6.97.